The number of carbonyl (C=O) groups excluding carboxylic acids is 1. The summed E-state index contributed by atoms with van der Waals surface area (Å²) in [6.45, 7) is 6.43. The van der Waals surface area contributed by atoms with Crippen LogP contribution >= 0.6 is 0 Å². The number of benzene rings is 1. The molecule has 1 unspecified atom stereocenters. The zero-order valence-corrected chi connectivity index (χ0v) is 11.7. The lowest BCUT2D eigenvalue weighted by atomic mass is 9.92. The van der Waals surface area contributed by atoms with Crippen LogP contribution in [0.1, 0.15) is 44.2 Å². The van der Waals surface area contributed by atoms with Crippen molar-refractivity contribution in [3.05, 3.63) is 29.3 Å². The molecule has 0 saturated carbocycles. The maximum absolute atomic E-state index is 11.5. The summed E-state index contributed by atoms with van der Waals surface area (Å²) in [4.78, 5) is 11.5. The Bertz CT molecular complexity index is 399. The van der Waals surface area contributed by atoms with E-state index in [4.69, 9.17) is 9.47 Å². The minimum absolute atomic E-state index is 0.136. The first-order chi connectivity index (χ1) is 8.62. The van der Waals surface area contributed by atoms with E-state index in [-0.39, 0.29) is 11.9 Å². The van der Waals surface area contributed by atoms with E-state index in [0.717, 1.165) is 12.2 Å². The Morgan fingerprint density at radius 3 is 2.61 bits per heavy atom. The zero-order chi connectivity index (χ0) is 13.5. The number of esters is 1. The number of ether oxygens (including phenoxy) is 2. The number of carbonyl (C=O) groups is 1. The van der Waals surface area contributed by atoms with Crippen molar-refractivity contribution >= 4 is 5.97 Å². The van der Waals surface area contributed by atoms with E-state index in [1.54, 1.807) is 7.11 Å². The van der Waals surface area contributed by atoms with Gasteiger partial charge in [0.1, 0.15) is 5.75 Å². The number of hydrogen-bond donors (Lipinski definition) is 0. The van der Waals surface area contributed by atoms with Gasteiger partial charge in [-0.2, -0.15) is 0 Å². The van der Waals surface area contributed by atoms with Crippen molar-refractivity contribution in [2.45, 2.75) is 39.5 Å². The summed E-state index contributed by atoms with van der Waals surface area (Å²) in [6.07, 6.45) is 1.35. The van der Waals surface area contributed by atoms with E-state index in [1.807, 2.05) is 25.1 Å². The van der Waals surface area contributed by atoms with Gasteiger partial charge in [0.2, 0.25) is 0 Å². The molecule has 0 radical (unpaired) electrons. The Morgan fingerprint density at radius 1 is 1.33 bits per heavy atom. The molecule has 0 aliphatic rings. The second-order valence-corrected chi connectivity index (χ2v) is 4.33. The van der Waals surface area contributed by atoms with E-state index in [0.29, 0.717) is 13.0 Å². The third kappa shape index (κ3) is 3.76. The minimum Gasteiger partial charge on any atom is -0.497 e. The fraction of sp³-hybridized carbons (Fsp3) is 0.533. The van der Waals surface area contributed by atoms with Gasteiger partial charge in [-0.05, 0) is 42.5 Å². The molecule has 100 valence electrons. The topological polar surface area (TPSA) is 35.5 Å². The van der Waals surface area contributed by atoms with Crippen LogP contribution in [-0.2, 0) is 16.0 Å². The number of methoxy groups -OCH3 is 1. The summed E-state index contributed by atoms with van der Waals surface area (Å²) in [5, 5.41) is 0. The normalized spacial score (nSPS) is 12.0. The number of rotatable bonds is 6. The molecule has 0 heterocycles. The van der Waals surface area contributed by atoms with Crippen LogP contribution in [0.5, 0.6) is 5.75 Å². The molecule has 0 aromatic heterocycles. The highest BCUT2D eigenvalue weighted by atomic mass is 16.5. The first-order valence-corrected chi connectivity index (χ1v) is 6.44. The average molecular weight is 250 g/mol. The predicted molar refractivity (Wildman–Crippen MR) is 72.0 cm³/mol. The van der Waals surface area contributed by atoms with E-state index in [2.05, 4.69) is 13.8 Å². The molecule has 0 saturated heterocycles. The van der Waals surface area contributed by atoms with Crippen molar-refractivity contribution in [1.29, 1.82) is 0 Å². The Hall–Kier alpha value is -1.51. The summed E-state index contributed by atoms with van der Waals surface area (Å²) in [6, 6.07) is 6.02. The van der Waals surface area contributed by atoms with Crippen LogP contribution in [0.2, 0.25) is 0 Å². The quantitative estimate of drug-likeness (QED) is 0.727. The molecule has 3 heteroatoms. The van der Waals surface area contributed by atoms with Gasteiger partial charge in [0.25, 0.3) is 0 Å². The molecule has 0 bridgehead atoms. The number of hydrogen-bond acceptors (Lipinski definition) is 3. The first-order valence-electron chi connectivity index (χ1n) is 6.44. The van der Waals surface area contributed by atoms with Gasteiger partial charge in [0.15, 0.2) is 0 Å². The molecule has 0 spiro atoms. The highest BCUT2D eigenvalue weighted by Crippen LogP contribution is 2.27. The molecule has 1 aromatic carbocycles. The minimum atomic E-state index is -0.136. The fourth-order valence-electron chi connectivity index (χ4n) is 2.08. The highest BCUT2D eigenvalue weighted by molar-refractivity contribution is 5.70. The molecule has 0 aliphatic carbocycles. The third-order valence-corrected chi connectivity index (χ3v) is 3.04. The Labute approximate surface area is 109 Å². The van der Waals surface area contributed by atoms with Gasteiger partial charge in [0, 0.05) is 0 Å². The van der Waals surface area contributed by atoms with Crippen LogP contribution in [0.15, 0.2) is 18.2 Å². The standard InChI is InChI=1S/C15H22O3/c1-5-12-10-13(17-4)7-8-14(12)11(3)9-15(16)18-6-2/h7-8,10-11H,5-6,9H2,1-4H3. The molecule has 0 aliphatic heterocycles. The van der Waals surface area contributed by atoms with Crippen LogP contribution < -0.4 is 4.74 Å². The largest absolute Gasteiger partial charge is 0.497 e. The van der Waals surface area contributed by atoms with Gasteiger partial charge < -0.3 is 9.47 Å². The lowest BCUT2D eigenvalue weighted by molar-refractivity contribution is -0.143. The third-order valence-electron chi connectivity index (χ3n) is 3.04. The Kier molecular flexibility index (Phi) is 5.69. The molecule has 3 nitrogen and oxygen atoms in total. The molecule has 18 heavy (non-hydrogen) atoms. The van der Waals surface area contributed by atoms with Gasteiger partial charge in [-0.25, -0.2) is 0 Å². The second kappa shape index (κ2) is 7.04. The molecule has 1 rings (SSSR count). The molecular formula is C15H22O3. The van der Waals surface area contributed by atoms with Gasteiger partial charge in [0.05, 0.1) is 20.1 Å². The van der Waals surface area contributed by atoms with E-state index in [9.17, 15) is 4.79 Å². The maximum Gasteiger partial charge on any atom is 0.306 e. The summed E-state index contributed by atoms with van der Waals surface area (Å²) in [5.41, 5.74) is 2.43. The monoisotopic (exact) mass is 250 g/mol. The van der Waals surface area contributed by atoms with Crippen molar-refractivity contribution < 1.29 is 14.3 Å². The van der Waals surface area contributed by atoms with Crippen molar-refractivity contribution in [3.63, 3.8) is 0 Å². The molecule has 0 amide bonds. The maximum atomic E-state index is 11.5. The molecule has 1 atom stereocenters. The molecule has 1 aromatic rings. The first kappa shape index (κ1) is 14.6. The van der Waals surface area contributed by atoms with Crippen LogP contribution in [0.3, 0.4) is 0 Å². The van der Waals surface area contributed by atoms with Gasteiger partial charge >= 0.3 is 5.97 Å². The summed E-state index contributed by atoms with van der Waals surface area (Å²) in [7, 11) is 1.66. The van der Waals surface area contributed by atoms with E-state index >= 15 is 0 Å². The smallest absolute Gasteiger partial charge is 0.306 e. The van der Waals surface area contributed by atoms with Crippen LogP contribution in [0.4, 0.5) is 0 Å². The molecular weight excluding hydrogens is 228 g/mol. The molecule has 0 N–H and O–H groups in total. The van der Waals surface area contributed by atoms with Crippen molar-refractivity contribution in [2.75, 3.05) is 13.7 Å². The zero-order valence-electron chi connectivity index (χ0n) is 11.7. The summed E-state index contributed by atoms with van der Waals surface area (Å²) >= 11 is 0. The number of aryl methyl sites for hydroxylation is 1. The molecule has 0 fully saturated rings. The average Bonchev–Trinajstić information content (AvgIpc) is 2.38. The highest BCUT2D eigenvalue weighted by Gasteiger charge is 2.15. The van der Waals surface area contributed by atoms with Gasteiger partial charge in [-0.15, -0.1) is 0 Å². The summed E-state index contributed by atoms with van der Waals surface area (Å²) < 4.78 is 10.2. The summed E-state index contributed by atoms with van der Waals surface area (Å²) in [5.74, 6) is 0.895. The lowest BCUT2D eigenvalue weighted by Gasteiger charge is -2.16. The SMILES string of the molecule is CCOC(=O)CC(C)c1ccc(OC)cc1CC. The Balaban J connectivity index is 2.84. The van der Waals surface area contributed by atoms with Gasteiger partial charge in [-0.3, -0.25) is 4.79 Å². The van der Waals surface area contributed by atoms with Crippen molar-refractivity contribution in [1.82, 2.24) is 0 Å². The fourth-order valence-corrected chi connectivity index (χ4v) is 2.08. The van der Waals surface area contributed by atoms with E-state index < -0.39 is 0 Å². The van der Waals surface area contributed by atoms with Crippen molar-refractivity contribution in [2.24, 2.45) is 0 Å². The van der Waals surface area contributed by atoms with Crippen LogP contribution in [-0.4, -0.2) is 19.7 Å². The van der Waals surface area contributed by atoms with Crippen LogP contribution in [0, 0.1) is 0 Å². The van der Waals surface area contributed by atoms with Crippen LogP contribution in [0.25, 0.3) is 0 Å². The Morgan fingerprint density at radius 2 is 2.06 bits per heavy atom. The van der Waals surface area contributed by atoms with Gasteiger partial charge in [-0.1, -0.05) is 19.9 Å². The second-order valence-electron chi connectivity index (χ2n) is 4.33. The predicted octanol–water partition coefficient (Wildman–Crippen LogP) is 3.31. The lowest BCUT2D eigenvalue weighted by Crippen LogP contribution is -2.09. The van der Waals surface area contributed by atoms with E-state index in [1.165, 1.54) is 11.1 Å². The van der Waals surface area contributed by atoms with Crippen molar-refractivity contribution in [3.8, 4) is 5.75 Å².